The van der Waals surface area contributed by atoms with Crippen molar-refractivity contribution in [3.05, 3.63) is 11.8 Å². The van der Waals surface area contributed by atoms with Crippen LogP contribution in [-0.2, 0) is 19.0 Å². The first-order valence-corrected chi connectivity index (χ1v) is 9.19. The normalized spacial score (nSPS) is 24.3. The third-order valence-electron chi connectivity index (χ3n) is 4.18. The molecule has 0 aromatic rings. The smallest absolute Gasteiger partial charge is 0.381 e. The second kappa shape index (κ2) is 7.85. The van der Waals surface area contributed by atoms with E-state index >= 15 is 0 Å². The highest BCUT2D eigenvalue weighted by molar-refractivity contribution is 7.87. The molecule has 1 heterocycles. The fourth-order valence-corrected chi connectivity index (χ4v) is 3.31. The van der Waals surface area contributed by atoms with Crippen LogP contribution in [0.4, 0.5) is 13.2 Å². The Bertz CT molecular complexity index is 513. The molecule has 134 valence electrons. The van der Waals surface area contributed by atoms with Crippen LogP contribution in [0.2, 0.25) is 0 Å². The van der Waals surface area contributed by atoms with Crippen LogP contribution in [0.5, 0.6) is 0 Å². The lowest BCUT2D eigenvalue weighted by atomic mass is 9.90. The van der Waals surface area contributed by atoms with E-state index in [-0.39, 0.29) is 12.2 Å². The Morgan fingerprint density at radius 1 is 1.26 bits per heavy atom. The molecule has 1 saturated heterocycles. The van der Waals surface area contributed by atoms with Crippen molar-refractivity contribution in [2.75, 3.05) is 19.8 Å². The predicted octanol–water partition coefficient (Wildman–Crippen LogP) is 2.70. The molecule has 1 N–H and O–H groups in total. The van der Waals surface area contributed by atoms with E-state index in [9.17, 15) is 21.6 Å². The van der Waals surface area contributed by atoms with Gasteiger partial charge in [0.05, 0.1) is 0 Å². The van der Waals surface area contributed by atoms with Gasteiger partial charge in [-0.25, -0.2) is 0 Å². The molecule has 0 amide bonds. The molecule has 5 nitrogen and oxygen atoms in total. The van der Waals surface area contributed by atoms with Gasteiger partial charge in [0.2, 0.25) is 0 Å². The van der Waals surface area contributed by atoms with Crippen LogP contribution in [0.1, 0.15) is 38.5 Å². The molecule has 0 aromatic heterocycles. The second-order valence-corrected chi connectivity index (χ2v) is 7.46. The molecule has 1 unspecified atom stereocenters. The molecular formula is C14H22F3NO4S. The molecule has 1 aliphatic heterocycles. The van der Waals surface area contributed by atoms with Gasteiger partial charge in [-0.15, -0.1) is 0 Å². The van der Waals surface area contributed by atoms with Crippen LogP contribution in [0, 0.1) is 5.92 Å². The average Bonchev–Trinajstić information content (AvgIpc) is 2.49. The molecule has 9 heteroatoms. The van der Waals surface area contributed by atoms with Gasteiger partial charge in [0.25, 0.3) is 0 Å². The highest BCUT2D eigenvalue weighted by Crippen LogP contribution is 2.32. The number of hydrogen-bond acceptors (Lipinski definition) is 5. The van der Waals surface area contributed by atoms with Gasteiger partial charge in [-0.1, -0.05) is 0 Å². The van der Waals surface area contributed by atoms with Crippen molar-refractivity contribution < 1.29 is 30.5 Å². The summed E-state index contributed by atoms with van der Waals surface area (Å²) in [6, 6.07) is 0.471. The minimum absolute atomic E-state index is 0.101. The van der Waals surface area contributed by atoms with E-state index in [4.69, 9.17) is 4.74 Å². The molecule has 0 aromatic carbocycles. The monoisotopic (exact) mass is 357 g/mol. The Kier molecular flexibility index (Phi) is 6.33. The van der Waals surface area contributed by atoms with Gasteiger partial charge in [-0.05, 0) is 50.6 Å². The third kappa shape index (κ3) is 5.65. The topological polar surface area (TPSA) is 64.6 Å². The molecule has 2 rings (SSSR count). The van der Waals surface area contributed by atoms with Gasteiger partial charge >= 0.3 is 15.6 Å². The van der Waals surface area contributed by atoms with Crippen LogP contribution in [0.15, 0.2) is 11.8 Å². The summed E-state index contributed by atoms with van der Waals surface area (Å²) in [4.78, 5) is 0. The van der Waals surface area contributed by atoms with Crippen LogP contribution < -0.4 is 5.32 Å². The SMILES string of the molecule is O=S(=O)(OC1=CCC(CCNC2CCOCC2)CC1)C(F)(F)F. The molecule has 1 fully saturated rings. The Labute approximate surface area is 134 Å². The molecule has 0 saturated carbocycles. The molecule has 0 radical (unpaired) electrons. The molecule has 0 bridgehead atoms. The Morgan fingerprint density at radius 2 is 1.96 bits per heavy atom. The molecule has 23 heavy (non-hydrogen) atoms. The molecular weight excluding hydrogens is 335 g/mol. The first-order chi connectivity index (χ1) is 10.8. The molecule has 1 atom stereocenters. The summed E-state index contributed by atoms with van der Waals surface area (Å²) in [5, 5.41) is 3.46. The van der Waals surface area contributed by atoms with E-state index < -0.39 is 15.6 Å². The van der Waals surface area contributed by atoms with Crippen molar-refractivity contribution in [1.82, 2.24) is 5.32 Å². The van der Waals surface area contributed by atoms with E-state index in [1.165, 1.54) is 6.08 Å². The summed E-state index contributed by atoms with van der Waals surface area (Å²) >= 11 is 0. The van der Waals surface area contributed by atoms with Crippen molar-refractivity contribution in [3.63, 3.8) is 0 Å². The average molecular weight is 357 g/mol. The number of nitrogens with one attached hydrogen (secondary N) is 1. The van der Waals surface area contributed by atoms with Gasteiger partial charge in [0, 0.05) is 25.7 Å². The first-order valence-electron chi connectivity index (χ1n) is 7.79. The Balaban J connectivity index is 1.71. The third-order valence-corrected chi connectivity index (χ3v) is 5.19. The summed E-state index contributed by atoms with van der Waals surface area (Å²) in [6.07, 6.45) is 5.76. The minimum Gasteiger partial charge on any atom is -0.381 e. The number of allylic oxidation sites excluding steroid dienone is 2. The van der Waals surface area contributed by atoms with E-state index in [2.05, 4.69) is 9.50 Å². The quantitative estimate of drug-likeness (QED) is 0.585. The zero-order valence-corrected chi connectivity index (χ0v) is 13.6. The number of halogens is 3. The maximum Gasteiger partial charge on any atom is 0.534 e. The maximum absolute atomic E-state index is 12.3. The van der Waals surface area contributed by atoms with Gasteiger partial charge in [-0.3, -0.25) is 0 Å². The van der Waals surface area contributed by atoms with Crippen LogP contribution in [-0.4, -0.2) is 39.7 Å². The van der Waals surface area contributed by atoms with Crippen LogP contribution >= 0.6 is 0 Å². The highest BCUT2D eigenvalue weighted by Gasteiger charge is 2.48. The summed E-state index contributed by atoms with van der Waals surface area (Å²) in [5.74, 6) is 0.235. The summed E-state index contributed by atoms with van der Waals surface area (Å²) in [5.41, 5.74) is -5.38. The van der Waals surface area contributed by atoms with Gasteiger partial charge in [0.1, 0.15) is 5.76 Å². The lowest BCUT2D eigenvalue weighted by Crippen LogP contribution is -2.36. The van der Waals surface area contributed by atoms with E-state index in [1.54, 1.807) is 0 Å². The number of alkyl halides is 3. The van der Waals surface area contributed by atoms with Crippen LogP contribution in [0.3, 0.4) is 0 Å². The van der Waals surface area contributed by atoms with Gasteiger partial charge < -0.3 is 14.2 Å². The fourth-order valence-electron chi connectivity index (χ4n) is 2.78. The Morgan fingerprint density at radius 3 is 2.52 bits per heavy atom. The fraction of sp³-hybridized carbons (Fsp3) is 0.857. The lowest BCUT2D eigenvalue weighted by Gasteiger charge is -2.25. The molecule has 1 aliphatic carbocycles. The largest absolute Gasteiger partial charge is 0.534 e. The number of rotatable bonds is 6. The second-order valence-electron chi connectivity index (χ2n) is 5.92. The zero-order chi connectivity index (χ0) is 16.9. The van der Waals surface area contributed by atoms with Gasteiger partial charge in [0.15, 0.2) is 0 Å². The summed E-state index contributed by atoms with van der Waals surface area (Å²) in [7, 11) is -5.54. The van der Waals surface area contributed by atoms with Crippen molar-refractivity contribution >= 4 is 10.1 Å². The highest BCUT2D eigenvalue weighted by atomic mass is 32.2. The van der Waals surface area contributed by atoms with Gasteiger partial charge in [-0.2, -0.15) is 21.6 Å². The van der Waals surface area contributed by atoms with Crippen LogP contribution in [0.25, 0.3) is 0 Å². The lowest BCUT2D eigenvalue weighted by molar-refractivity contribution is -0.0524. The standard InChI is InChI=1S/C14H22F3NO4S/c15-14(16,17)23(19,20)22-13-3-1-11(2-4-13)5-8-18-12-6-9-21-10-7-12/h3,11-12,18H,1-2,4-10H2. The first kappa shape index (κ1) is 18.5. The Hall–Kier alpha value is -0.800. The van der Waals surface area contributed by atoms with Crippen molar-refractivity contribution in [2.45, 2.75) is 50.1 Å². The minimum atomic E-state index is -5.54. The predicted molar refractivity (Wildman–Crippen MR) is 77.9 cm³/mol. The number of hydrogen-bond donors (Lipinski definition) is 1. The van der Waals surface area contributed by atoms with Crippen molar-refractivity contribution in [2.24, 2.45) is 5.92 Å². The van der Waals surface area contributed by atoms with E-state index in [1.807, 2.05) is 0 Å². The zero-order valence-electron chi connectivity index (χ0n) is 12.8. The molecule has 0 spiro atoms. The van der Waals surface area contributed by atoms with Crippen molar-refractivity contribution in [1.29, 1.82) is 0 Å². The van der Waals surface area contributed by atoms with E-state index in [0.717, 1.165) is 39.0 Å². The maximum atomic E-state index is 12.3. The summed E-state index contributed by atoms with van der Waals surface area (Å²) in [6.45, 7) is 2.40. The summed E-state index contributed by atoms with van der Waals surface area (Å²) < 4.78 is 68.1. The van der Waals surface area contributed by atoms with Crippen molar-refractivity contribution in [3.8, 4) is 0 Å². The molecule has 2 aliphatic rings. The number of ether oxygens (including phenoxy) is 1. The van der Waals surface area contributed by atoms with E-state index in [0.29, 0.717) is 24.8 Å².